The van der Waals surface area contributed by atoms with Crippen LogP contribution >= 0.6 is 15.9 Å². The number of rotatable bonds is 2. The molecule has 2 heteroatoms. The van der Waals surface area contributed by atoms with Crippen LogP contribution in [-0.4, -0.2) is 6.54 Å². The zero-order chi connectivity index (χ0) is 9.84. The molecule has 0 radical (unpaired) electrons. The fraction of sp³-hybridized carbons (Fsp3) is 0.273. The van der Waals surface area contributed by atoms with Gasteiger partial charge in [0.25, 0.3) is 0 Å². The Hall–Kier alpha value is -0.940. The third-order valence-corrected chi connectivity index (χ3v) is 2.42. The van der Waals surface area contributed by atoms with Crippen LogP contribution < -0.4 is 5.32 Å². The van der Waals surface area contributed by atoms with Gasteiger partial charge in [0.05, 0.1) is 12.2 Å². The van der Waals surface area contributed by atoms with E-state index in [-0.39, 0.29) is 0 Å². The van der Waals surface area contributed by atoms with E-state index in [4.69, 9.17) is 6.42 Å². The molecule has 1 nitrogen and oxygen atoms in total. The molecule has 0 unspecified atom stereocenters. The molecule has 13 heavy (non-hydrogen) atoms. The van der Waals surface area contributed by atoms with Crippen LogP contribution in [-0.2, 0) is 0 Å². The molecule has 0 atom stereocenters. The summed E-state index contributed by atoms with van der Waals surface area (Å²) in [6, 6.07) is 4.20. The van der Waals surface area contributed by atoms with E-state index >= 15 is 0 Å². The minimum Gasteiger partial charge on any atom is -0.373 e. The topological polar surface area (TPSA) is 12.0 Å². The van der Waals surface area contributed by atoms with E-state index in [0.29, 0.717) is 6.54 Å². The lowest BCUT2D eigenvalue weighted by Crippen LogP contribution is -2.01. The normalized spacial score (nSPS) is 9.38. The minimum absolute atomic E-state index is 0.558. The molecule has 1 aromatic carbocycles. The highest BCUT2D eigenvalue weighted by atomic mass is 79.9. The van der Waals surface area contributed by atoms with E-state index in [2.05, 4.69) is 53.1 Å². The lowest BCUT2D eigenvalue weighted by atomic mass is 10.1. The molecule has 1 N–H and O–H groups in total. The molecule has 0 saturated carbocycles. The van der Waals surface area contributed by atoms with E-state index in [9.17, 15) is 0 Å². The highest BCUT2D eigenvalue weighted by Crippen LogP contribution is 2.27. The molecule has 0 aromatic heterocycles. The molecule has 1 aromatic rings. The zero-order valence-electron chi connectivity index (χ0n) is 7.82. The Morgan fingerprint density at radius 2 is 2.15 bits per heavy atom. The van der Waals surface area contributed by atoms with Crippen LogP contribution in [0.3, 0.4) is 0 Å². The minimum atomic E-state index is 0.558. The number of hydrogen-bond donors (Lipinski definition) is 1. The van der Waals surface area contributed by atoms with Crippen molar-refractivity contribution in [3.63, 3.8) is 0 Å². The number of benzene rings is 1. The Balaban J connectivity index is 3.00. The van der Waals surface area contributed by atoms with E-state index in [1.54, 1.807) is 0 Å². The zero-order valence-corrected chi connectivity index (χ0v) is 9.40. The van der Waals surface area contributed by atoms with Crippen molar-refractivity contribution in [2.75, 3.05) is 11.9 Å². The predicted octanol–water partition coefficient (Wildman–Crippen LogP) is 3.11. The summed E-state index contributed by atoms with van der Waals surface area (Å²) in [7, 11) is 0. The maximum atomic E-state index is 5.18. The summed E-state index contributed by atoms with van der Waals surface area (Å²) in [6.45, 7) is 4.70. The maximum Gasteiger partial charge on any atom is 0.0763 e. The number of nitrogens with one attached hydrogen (secondary N) is 1. The van der Waals surface area contributed by atoms with Crippen LogP contribution in [0.5, 0.6) is 0 Å². The van der Waals surface area contributed by atoms with Crippen molar-refractivity contribution in [2.45, 2.75) is 13.8 Å². The molecule has 1 rings (SSSR count). The van der Waals surface area contributed by atoms with Gasteiger partial charge in [-0.05, 0) is 47.0 Å². The summed E-state index contributed by atoms with van der Waals surface area (Å²) in [4.78, 5) is 0. The van der Waals surface area contributed by atoms with Crippen LogP contribution in [0, 0.1) is 26.2 Å². The lowest BCUT2D eigenvalue weighted by Gasteiger charge is -2.10. The number of halogens is 1. The average Bonchev–Trinajstić information content (AvgIpc) is 2.02. The molecule has 68 valence electrons. The summed E-state index contributed by atoms with van der Waals surface area (Å²) in [5.74, 6) is 2.55. The number of anilines is 1. The Labute approximate surface area is 87.7 Å². The first kappa shape index (κ1) is 10.1. The monoisotopic (exact) mass is 237 g/mol. The number of terminal acetylenes is 1. The Morgan fingerprint density at radius 3 is 2.69 bits per heavy atom. The summed E-state index contributed by atoms with van der Waals surface area (Å²) in [5, 5.41) is 3.18. The van der Waals surface area contributed by atoms with Gasteiger partial charge in [0.2, 0.25) is 0 Å². The van der Waals surface area contributed by atoms with Crippen molar-refractivity contribution in [2.24, 2.45) is 0 Å². The number of hydrogen-bond acceptors (Lipinski definition) is 1. The second-order valence-corrected chi connectivity index (χ2v) is 3.85. The molecular formula is C11H12BrN. The summed E-state index contributed by atoms with van der Waals surface area (Å²) in [5.41, 5.74) is 3.54. The quantitative estimate of drug-likeness (QED) is 0.780. The smallest absolute Gasteiger partial charge is 0.0763 e. The van der Waals surface area contributed by atoms with Gasteiger partial charge in [-0.1, -0.05) is 12.0 Å². The first-order chi connectivity index (χ1) is 6.15. The predicted molar refractivity (Wildman–Crippen MR) is 60.9 cm³/mol. The van der Waals surface area contributed by atoms with Gasteiger partial charge in [-0.2, -0.15) is 0 Å². The second-order valence-electron chi connectivity index (χ2n) is 3.00. The van der Waals surface area contributed by atoms with Crippen LogP contribution in [0.4, 0.5) is 5.69 Å². The standard InChI is InChI=1S/C11H12BrN/c1-4-5-13-11-9(3)6-8(2)7-10(11)12/h1,6-7,13H,5H2,2-3H3. The molecule has 0 amide bonds. The van der Waals surface area contributed by atoms with Crippen LogP contribution in [0.25, 0.3) is 0 Å². The van der Waals surface area contributed by atoms with E-state index < -0.39 is 0 Å². The van der Waals surface area contributed by atoms with Crippen molar-refractivity contribution in [3.8, 4) is 12.3 Å². The Morgan fingerprint density at radius 1 is 1.46 bits per heavy atom. The van der Waals surface area contributed by atoms with Gasteiger partial charge in [-0.25, -0.2) is 0 Å². The van der Waals surface area contributed by atoms with E-state index in [1.807, 2.05) is 0 Å². The van der Waals surface area contributed by atoms with Gasteiger partial charge in [0.1, 0.15) is 0 Å². The van der Waals surface area contributed by atoms with E-state index in [0.717, 1.165) is 10.2 Å². The van der Waals surface area contributed by atoms with Gasteiger partial charge in [-0.3, -0.25) is 0 Å². The first-order valence-corrected chi connectivity index (χ1v) is 4.88. The van der Waals surface area contributed by atoms with Crippen molar-refractivity contribution in [1.82, 2.24) is 0 Å². The highest BCUT2D eigenvalue weighted by Gasteiger charge is 2.02. The van der Waals surface area contributed by atoms with Gasteiger partial charge in [-0.15, -0.1) is 6.42 Å². The SMILES string of the molecule is C#CCNc1c(C)cc(C)cc1Br. The molecule has 0 aliphatic carbocycles. The molecule has 0 saturated heterocycles. The number of aryl methyl sites for hydroxylation is 2. The van der Waals surface area contributed by atoms with Gasteiger partial charge >= 0.3 is 0 Å². The molecule has 0 heterocycles. The van der Waals surface area contributed by atoms with Gasteiger partial charge < -0.3 is 5.32 Å². The second kappa shape index (κ2) is 4.34. The molecular weight excluding hydrogens is 226 g/mol. The fourth-order valence-corrected chi connectivity index (χ4v) is 2.09. The van der Waals surface area contributed by atoms with Crippen LogP contribution in [0.2, 0.25) is 0 Å². The largest absolute Gasteiger partial charge is 0.373 e. The molecule has 0 aliphatic heterocycles. The summed E-state index contributed by atoms with van der Waals surface area (Å²) >= 11 is 3.50. The average molecular weight is 238 g/mol. The highest BCUT2D eigenvalue weighted by molar-refractivity contribution is 9.10. The lowest BCUT2D eigenvalue weighted by molar-refractivity contribution is 1.29. The molecule has 0 fully saturated rings. The molecule has 0 aliphatic rings. The third kappa shape index (κ3) is 2.50. The van der Waals surface area contributed by atoms with E-state index in [1.165, 1.54) is 11.1 Å². The molecule has 0 bridgehead atoms. The van der Waals surface area contributed by atoms with Crippen molar-refractivity contribution < 1.29 is 0 Å². The Bertz CT molecular complexity index is 327. The van der Waals surface area contributed by atoms with Gasteiger partial charge in [0, 0.05) is 4.47 Å². The fourth-order valence-electron chi connectivity index (χ4n) is 1.28. The van der Waals surface area contributed by atoms with Crippen molar-refractivity contribution in [3.05, 3.63) is 27.7 Å². The summed E-state index contributed by atoms with van der Waals surface area (Å²) < 4.78 is 1.07. The van der Waals surface area contributed by atoms with Crippen molar-refractivity contribution in [1.29, 1.82) is 0 Å². The Kier molecular flexibility index (Phi) is 3.39. The van der Waals surface area contributed by atoms with Crippen molar-refractivity contribution >= 4 is 21.6 Å². The van der Waals surface area contributed by atoms with Crippen LogP contribution in [0.15, 0.2) is 16.6 Å². The molecule has 0 spiro atoms. The maximum absolute atomic E-state index is 5.18. The summed E-state index contributed by atoms with van der Waals surface area (Å²) in [6.07, 6.45) is 5.18. The third-order valence-electron chi connectivity index (χ3n) is 1.80. The first-order valence-electron chi connectivity index (χ1n) is 4.09. The van der Waals surface area contributed by atoms with Crippen LogP contribution in [0.1, 0.15) is 11.1 Å². The van der Waals surface area contributed by atoms with Gasteiger partial charge in [0.15, 0.2) is 0 Å².